The van der Waals surface area contributed by atoms with Gasteiger partial charge in [0.15, 0.2) is 0 Å². The van der Waals surface area contributed by atoms with Crippen molar-refractivity contribution < 1.29 is 9.59 Å². The predicted molar refractivity (Wildman–Crippen MR) is 182 cm³/mol. The quantitative estimate of drug-likeness (QED) is 0.192. The van der Waals surface area contributed by atoms with E-state index in [-0.39, 0.29) is 0 Å². The number of nitriles is 1. The van der Waals surface area contributed by atoms with E-state index < -0.39 is 11.8 Å². The third-order valence-corrected chi connectivity index (χ3v) is 9.16. The van der Waals surface area contributed by atoms with Gasteiger partial charge in [-0.05, 0) is 61.5 Å². The van der Waals surface area contributed by atoms with Crippen LogP contribution in [0.3, 0.4) is 0 Å². The molecule has 8 aromatic rings. The van der Waals surface area contributed by atoms with Gasteiger partial charge in [-0.2, -0.15) is 5.26 Å². The van der Waals surface area contributed by atoms with Gasteiger partial charge in [0, 0.05) is 27.2 Å². The van der Waals surface area contributed by atoms with Crippen LogP contribution in [0.5, 0.6) is 0 Å². The molecule has 6 nitrogen and oxygen atoms in total. The zero-order valence-electron chi connectivity index (χ0n) is 24.7. The van der Waals surface area contributed by atoms with Crippen molar-refractivity contribution in [1.29, 1.82) is 5.26 Å². The van der Waals surface area contributed by atoms with Crippen LogP contribution in [0, 0.1) is 18.3 Å². The minimum absolute atomic E-state index is 0.353. The maximum absolute atomic E-state index is 13.8. The van der Waals surface area contributed by atoms with Gasteiger partial charge in [0.05, 0.1) is 50.1 Å². The highest BCUT2D eigenvalue weighted by atomic mass is 16.2. The van der Waals surface area contributed by atoms with Crippen LogP contribution in [0.4, 0.5) is 5.69 Å². The fourth-order valence-corrected chi connectivity index (χ4v) is 7.16. The lowest BCUT2D eigenvalue weighted by molar-refractivity contribution is 0.0926. The molecular weight excluding hydrogens is 568 g/mol. The topological polar surface area (TPSA) is 71.0 Å². The van der Waals surface area contributed by atoms with Crippen LogP contribution in [-0.2, 0) is 0 Å². The first-order chi connectivity index (χ1) is 22.6. The van der Waals surface area contributed by atoms with Crippen LogP contribution in [0.2, 0.25) is 0 Å². The number of hydrogen-bond donors (Lipinski definition) is 0. The molecule has 2 aromatic heterocycles. The zero-order chi connectivity index (χ0) is 31.1. The lowest BCUT2D eigenvalue weighted by Crippen LogP contribution is -2.30. The Balaban J connectivity index is 1.46. The van der Waals surface area contributed by atoms with E-state index in [2.05, 4.69) is 76.7 Å². The Hall–Kier alpha value is -6.45. The summed E-state index contributed by atoms with van der Waals surface area (Å²) in [5, 5.41) is 14.6. The third kappa shape index (κ3) is 3.40. The Morgan fingerprint density at radius 1 is 0.565 bits per heavy atom. The Bertz CT molecular complexity index is 2620. The number of imide groups is 1. The lowest BCUT2D eigenvalue weighted by atomic mass is 10.1. The van der Waals surface area contributed by atoms with Crippen molar-refractivity contribution >= 4 is 61.1 Å². The van der Waals surface area contributed by atoms with Gasteiger partial charge in [-0.25, -0.2) is 4.90 Å². The number of hydrogen-bond acceptors (Lipinski definition) is 3. The molecule has 3 heterocycles. The van der Waals surface area contributed by atoms with E-state index in [1.165, 1.54) is 10.5 Å². The normalized spacial score (nSPS) is 12.9. The summed E-state index contributed by atoms with van der Waals surface area (Å²) in [7, 11) is 0. The Morgan fingerprint density at radius 3 is 1.89 bits per heavy atom. The highest BCUT2D eigenvalue weighted by Crippen LogP contribution is 2.44. The van der Waals surface area contributed by atoms with Crippen LogP contribution in [0.15, 0.2) is 127 Å². The smallest absolute Gasteiger partial charge is 0.266 e. The molecular formula is C40H24N4O2. The van der Waals surface area contributed by atoms with Gasteiger partial charge < -0.3 is 9.13 Å². The molecule has 6 heteroatoms. The van der Waals surface area contributed by atoms with Crippen LogP contribution in [-0.4, -0.2) is 20.9 Å². The number of aryl methyl sites for hydroxylation is 1. The number of amides is 2. The summed E-state index contributed by atoms with van der Waals surface area (Å²) in [6.45, 7) is 2.08. The number of fused-ring (bicyclic) bond motifs is 8. The van der Waals surface area contributed by atoms with Gasteiger partial charge in [-0.3, -0.25) is 9.59 Å². The molecule has 0 radical (unpaired) electrons. The van der Waals surface area contributed by atoms with Gasteiger partial charge in [0.25, 0.3) is 11.8 Å². The molecule has 0 bridgehead atoms. The molecule has 0 aliphatic carbocycles. The van der Waals surface area contributed by atoms with Crippen molar-refractivity contribution in [2.75, 3.05) is 4.90 Å². The van der Waals surface area contributed by atoms with Gasteiger partial charge >= 0.3 is 0 Å². The van der Waals surface area contributed by atoms with E-state index in [4.69, 9.17) is 0 Å². The summed E-state index contributed by atoms with van der Waals surface area (Å²) < 4.78 is 4.35. The number of para-hydroxylation sites is 3. The van der Waals surface area contributed by atoms with E-state index in [0.717, 1.165) is 49.3 Å². The standard InChI is InChI=1S/C40H24N4O2/c1-24-17-19-26(20-18-24)42-33-15-7-5-13-31(33)36-34(42)22-21-28-27-10-4-6-14-32(27)43(38(28)36)37-25(23-41)9-8-16-35(37)44-39(45)29-11-2-3-12-30(29)40(44)46/h2-22H,1H3. The van der Waals surface area contributed by atoms with Crippen molar-refractivity contribution in [3.8, 4) is 17.4 Å². The highest BCUT2D eigenvalue weighted by molar-refractivity contribution is 6.35. The summed E-state index contributed by atoms with van der Waals surface area (Å²) in [5.41, 5.74) is 7.99. The van der Waals surface area contributed by atoms with Crippen LogP contribution >= 0.6 is 0 Å². The van der Waals surface area contributed by atoms with Gasteiger partial charge in [0.2, 0.25) is 0 Å². The van der Waals surface area contributed by atoms with Crippen molar-refractivity contribution in [1.82, 2.24) is 9.13 Å². The summed E-state index contributed by atoms with van der Waals surface area (Å²) in [6, 6.07) is 43.7. The Labute approximate surface area is 263 Å². The summed E-state index contributed by atoms with van der Waals surface area (Å²) >= 11 is 0. The van der Waals surface area contributed by atoms with E-state index >= 15 is 0 Å². The monoisotopic (exact) mass is 592 g/mol. The maximum atomic E-state index is 13.8. The van der Waals surface area contributed by atoms with E-state index in [1.807, 2.05) is 30.3 Å². The molecule has 0 unspecified atom stereocenters. The number of anilines is 1. The van der Waals surface area contributed by atoms with Crippen molar-refractivity contribution in [2.45, 2.75) is 6.92 Å². The Kier molecular flexibility index (Phi) is 5.38. The van der Waals surface area contributed by atoms with Crippen LogP contribution in [0.1, 0.15) is 31.8 Å². The van der Waals surface area contributed by atoms with Gasteiger partial charge in [-0.1, -0.05) is 78.4 Å². The SMILES string of the molecule is Cc1ccc(-n2c3ccccc3c3c2ccc2c4ccccc4n(-c4c(C#N)cccc4N4C(=O)c5ccccc5C4=O)c23)cc1. The number of carbonyl (C=O) groups is 2. The number of nitrogens with zero attached hydrogens (tertiary/aromatic N) is 4. The van der Waals surface area contributed by atoms with Crippen LogP contribution in [0.25, 0.3) is 55.0 Å². The number of rotatable bonds is 3. The van der Waals surface area contributed by atoms with Gasteiger partial charge in [0.1, 0.15) is 6.07 Å². The molecule has 9 rings (SSSR count). The molecule has 0 fully saturated rings. The first-order valence-corrected chi connectivity index (χ1v) is 15.1. The molecule has 1 aliphatic heterocycles. The first-order valence-electron chi connectivity index (χ1n) is 15.1. The zero-order valence-corrected chi connectivity index (χ0v) is 24.7. The minimum atomic E-state index is -0.404. The summed E-state index contributed by atoms with van der Waals surface area (Å²) in [5.74, 6) is -0.808. The third-order valence-electron chi connectivity index (χ3n) is 9.16. The maximum Gasteiger partial charge on any atom is 0.266 e. The van der Waals surface area contributed by atoms with Crippen LogP contribution < -0.4 is 4.90 Å². The molecule has 0 atom stereocenters. The van der Waals surface area contributed by atoms with Crippen molar-refractivity contribution in [3.63, 3.8) is 0 Å². The highest BCUT2D eigenvalue weighted by Gasteiger charge is 2.38. The number of benzene rings is 6. The van der Waals surface area contributed by atoms with E-state index in [1.54, 1.807) is 42.5 Å². The van der Waals surface area contributed by atoms with E-state index in [0.29, 0.717) is 28.1 Å². The van der Waals surface area contributed by atoms with E-state index in [9.17, 15) is 14.9 Å². The summed E-state index contributed by atoms with van der Waals surface area (Å²) in [4.78, 5) is 28.9. The second-order valence-corrected chi connectivity index (χ2v) is 11.7. The summed E-state index contributed by atoms with van der Waals surface area (Å²) in [6.07, 6.45) is 0. The minimum Gasteiger partial charge on any atom is -0.309 e. The van der Waals surface area contributed by atoms with Gasteiger partial charge in [-0.15, -0.1) is 0 Å². The molecule has 0 N–H and O–H groups in total. The molecule has 46 heavy (non-hydrogen) atoms. The predicted octanol–water partition coefficient (Wildman–Crippen LogP) is 8.86. The largest absolute Gasteiger partial charge is 0.309 e. The van der Waals surface area contributed by atoms with Crippen molar-refractivity contribution in [3.05, 3.63) is 150 Å². The van der Waals surface area contributed by atoms with Crippen molar-refractivity contribution in [2.24, 2.45) is 0 Å². The molecule has 216 valence electrons. The first kappa shape index (κ1) is 26.0. The molecule has 0 spiro atoms. The molecule has 0 saturated carbocycles. The fourth-order valence-electron chi connectivity index (χ4n) is 7.16. The average Bonchev–Trinajstić information content (AvgIpc) is 3.70. The second-order valence-electron chi connectivity index (χ2n) is 11.7. The average molecular weight is 593 g/mol. The second kappa shape index (κ2) is 9.52. The molecule has 2 amide bonds. The molecule has 6 aromatic carbocycles. The molecule has 1 aliphatic rings. The molecule has 0 saturated heterocycles. The Morgan fingerprint density at radius 2 is 1.20 bits per heavy atom. The lowest BCUT2D eigenvalue weighted by Gasteiger charge is -2.21. The fraction of sp³-hybridized carbons (Fsp3) is 0.0250. The number of aromatic nitrogens is 2. The number of carbonyl (C=O) groups excluding carboxylic acids is 2.